The first-order chi connectivity index (χ1) is 19.8. The van der Waals surface area contributed by atoms with E-state index in [1.54, 1.807) is 26.9 Å². The summed E-state index contributed by atoms with van der Waals surface area (Å²) in [5, 5.41) is 11.7. The minimum atomic E-state index is -1.12. The number of hydrogen-bond donors (Lipinski definition) is 1. The van der Waals surface area contributed by atoms with E-state index in [0.29, 0.717) is 38.0 Å². The molecule has 8 nitrogen and oxygen atoms in total. The highest BCUT2D eigenvalue weighted by atomic mass is 16.5. The number of hydrogen-bond acceptors (Lipinski definition) is 5. The van der Waals surface area contributed by atoms with Crippen molar-refractivity contribution in [3.8, 4) is 0 Å². The number of ether oxygens (including phenoxy) is 1. The van der Waals surface area contributed by atoms with E-state index in [1.807, 2.05) is 56.3 Å². The van der Waals surface area contributed by atoms with Crippen molar-refractivity contribution in [3.05, 3.63) is 67.8 Å². The van der Waals surface area contributed by atoms with Crippen LogP contribution in [0.1, 0.15) is 39.5 Å². The van der Waals surface area contributed by atoms with E-state index in [-0.39, 0.29) is 37.4 Å². The SMILES string of the molecule is C=CCN(CCC)C(=O)[C@@H]1[C@H]2C(=O)N(CCCO)C(C(=O)N(CC=C)c3ccc4ccccc4c3)C23CC[C@@]1(C)O3. The van der Waals surface area contributed by atoms with Gasteiger partial charge in [0.25, 0.3) is 5.91 Å². The van der Waals surface area contributed by atoms with Crippen LogP contribution in [0.15, 0.2) is 67.8 Å². The zero-order chi connectivity index (χ0) is 29.4. The summed E-state index contributed by atoms with van der Waals surface area (Å²) >= 11 is 0. The molecular formula is C33H41N3O5. The molecule has 3 heterocycles. The molecule has 218 valence electrons. The lowest BCUT2D eigenvalue weighted by molar-refractivity contribution is -0.149. The summed E-state index contributed by atoms with van der Waals surface area (Å²) in [6.07, 6.45) is 5.56. The van der Waals surface area contributed by atoms with E-state index in [0.717, 1.165) is 17.2 Å². The second-order valence-corrected chi connectivity index (χ2v) is 11.7. The van der Waals surface area contributed by atoms with Gasteiger partial charge in [-0.1, -0.05) is 49.4 Å². The number of anilines is 1. The first-order valence-corrected chi connectivity index (χ1v) is 14.7. The topological polar surface area (TPSA) is 90.4 Å². The lowest BCUT2D eigenvalue weighted by Gasteiger charge is -2.37. The van der Waals surface area contributed by atoms with E-state index in [2.05, 4.69) is 13.2 Å². The van der Waals surface area contributed by atoms with Crippen LogP contribution in [0.25, 0.3) is 10.8 Å². The largest absolute Gasteiger partial charge is 0.396 e. The Balaban J connectivity index is 1.58. The molecule has 3 amide bonds. The van der Waals surface area contributed by atoms with Gasteiger partial charge < -0.3 is 24.5 Å². The van der Waals surface area contributed by atoms with Crippen molar-refractivity contribution >= 4 is 34.2 Å². The van der Waals surface area contributed by atoms with Gasteiger partial charge in [-0.15, -0.1) is 13.2 Å². The lowest BCUT2D eigenvalue weighted by atomic mass is 9.66. The van der Waals surface area contributed by atoms with Crippen LogP contribution >= 0.6 is 0 Å². The highest BCUT2D eigenvalue weighted by Gasteiger charge is 2.78. The molecule has 8 heteroatoms. The van der Waals surface area contributed by atoms with Crippen LogP contribution in [0.2, 0.25) is 0 Å². The van der Waals surface area contributed by atoms with Gasteiger partial charge in [0.15, 0.2) is 0 Å². The van der Waals surface area contributed by atoms with Gasteiger partial charge in [-0.3, -0.25) is 14.4 Å². The highest BCUT2D eigenvalue weighted by molar-refractivity contribution is 6.06. The zero-order valence-corrected chi connectivity index (χ0v) is 24.1. The third-order valence-electron chi connectivity index (χ3n) is 9.11. The van der Waals surface area contributed by atoms with Crippen molar-refractivity contribution in [2.75, 3.05) is 37.7 Å². The number of carbonyl (C=O) groups excluding carboxylic acids is 3. The van der Waals surface area contributed by atoms with Gasteiger partial charge in [-0.05, 0) is 55.5 Å². The Kier molecular flexibility index (Phi) is 8.08. The summed E-state index contributed by atoms with van der Waals surface area (Å²) in [4.78, 5) is 48.0. The second kappa shape index (κ2) is 11.4. The Labute approximate surface area is 242 Å². The normalized spacial score (nSPS) is 28.1. The van der Waals surface area contributed by atoms with Gasteiger partial charge in [0.05, 0.1) is 17.4 Å². The molecule has 5 atom stereocenters. The fraction of sp³-hybridized carbons (Fsp3) is 0.485. The summed E-state index contributed by atoms with van der Waals surface area (Å²) in [7, 11) is 0. The number of benzene rings is 2. The first kappa shape index (κ1) is 29.0. The lowest BCUT2D eigenvalue weighted by Crippen LogP contribution is -2.56. The summed E-state index contributed by atoms with van der Waals surface area (Å²) < 4.78 is 6.79. The predicted octanol–water partition coefficient (Wildman–Crippen LogP) is 3.93. The van der Waals surface area contributed by atoms with Gasteiger partial charge in [0.2, 0.25) is 11.8 Å². The van der Waals surface area contributed by atoms with Crippen molar-refractivity contribution in [2.45, 2.75) is 56.8 Å². The van der Waals surface area contributed by atoms with E-state index >= 15 is 0 Å². The smallest absolute Gasteiger partial charge is 0.253 e. The molecule has 3 saturated heterocycles. The fourth-order valence-corrected chi connectivity index (χ4v) is 7.42. The molecule has 0 aromatic heterocycles. The monoisotopic (exact) mass is 559 g/mol. The maximum atomic E-state index is 14.7. The van der Waals surface area contributed by atoms with Crippen molar-refractivity contribution < 1.29 is 24.2 Å². The van der Waals surface area contributed by atoms with Crippen LogP contribution < -0.4 is 4.90 Å². The first-order valence-electron chi connectivity index (χ1n) is 14.7. The van der Waals surface area contributed by atoms with Crippen LogP contribution in [-0.2, 0) is 19.1 Å². The second-order valence-electron chi connectivity index (χ2n) is 11.7. The van der Waals surface area contributed by atoms with Gasteiger partial charge in [-0.2, -0.15) is 0 Å². The molecular weight excluding hydrogens is 518 g/mol. The maximum Gasteiger partial charge on any atom is 0.253 e. The molecule has 3 aliphatic rings. The molecule has 2 unspecified atom stereocenters. The third-order valence-corrected chi connectivity index (χ3v) is 9.11. The minimum absolute atomic E-state index is 0.117. The number of aliphatic hydroxyl groups excluding tert-OH is 1. The predicted molar refractivity (Wildman–Crippen MR) is 159 cm³/mol. The number of aliphatic hydroxyl groups is 1. The third kappa shape index (κ3) is 4.67. The van der Waals surface area contributed by atoms with Crippen molar-refractivity contribution in [2.24, 2.45) is 11.8 Å². The van der Waals surface area contributed by atoms with Crippen LogP contribution in [0.3, 0.4) is 0 Å². The summed E-state index contributed by atoms with van der Waals surface area (Å²) in [6.45, 7) is 12.9. The minimum Gasteiger partial charge on any atom is -0.396 e. The number of amides is 3. The quantitative estimate of drug-likeness (QED) is 0.398. The highest BCUT2D eigenvalue weighted by Crippen LogP contribution is 2.63. The Morgan fingerprint density at radius 1 is 1.10 bits per heavy atom. The molecule has 2 aromatic carbocycles. The molecule has 1 N–H and O–H groups in total. The standard InChI is InChI=1S/C33H41N3O5/c1-5-17-34(18-6-2)29(38)26-27-30(39)36(20-10-21-37)28(33(27)16-15-32(26,4)41-33)31(40)35(19-7-3)25-14-13-23-11-8-9-12-24(23)22-25/h5,7-9,11-14,22,26-28,37H,1,3,6,10,15-21H2,2,4H3/t26-,27-,28?,32+,33?/m0/s1. The van der Waals surface area contributed by atoms with E-state index < -0.39 is 29.1 Å². The Morgan fingerprint density at radius 2 is 1.83 bits per heavy atom. The molecule has 5 rings (SSSR count). The van der Waals surface area contributed by atoms with E-state index in [1.165, 1.54) is 0 Å². The van der Waals surface area contributed by atoms with Gasteiger partial charge >= 0.3 is 0 Å². The molecule has 0 radical (unpaired) electrons. The Morgan fingerprint density at radius 3 is 2.51 bits per heavy atom. The summed E-state index contributed by atoms with van der Waals surface area (Å²) in [6, 6.07) is 12.9. The zero-order valence-electron chi connectivity index (χ0n) is 24.1. The van der Waals surface area contributed by atoms with Crippen LogP contribution in [0.5, 0.6) is 0 Å². The number of likely N-dealkylation sites (tertiary alicyclic amines) is 1. The fourth-order valence-electron chi connectivity index (χ4n) is 7.42. The van der Waals surface area contributed by atoms with Gasteiger partial charge in [0, 0.05) is 38.5 Å². The van der Waals surface area contributed by atoms with Gasteiger partial charge in [0.1, 0.15) is 11.6 Å². The number of nitrogens with zero attached hydrogens (tertiary/aromatic N) is 3. The Hall–Kier alpha value is -3.49. The number of rotatable bonds is 12. The number of fused-ring (bicyclic) bond motifs is 2. The molecule has 0 aliphatic carbocycles. The van der Waals surface area contributed by atoms with Crippen molar-refractivity contribution in [1.82, 2.24) is 9.80 Å². The van der Waals surface area contributed by atoms with Gasteiger partial charge in [-0.25, -0.2) is 0 Å². The van der Waals surface area contributed by atoms with Crippen LogP contribution in [-0.4, -0.2) is 82.7 Å². The molecule has 0 saturated carbocycles. The van der Waals surface area contributed by atoms with Crippen LogP contribution in [0, 0.1) is 11.8 Å². The molecule has 41 heavy (non-hydrogen) atoms. The maximum absolute atomic E-state index is 14.7. The molecule has 1 spiro atoms. The average molecular weight is 560 g/mol. The molecule has 3 fully saturated rings. The summed E-state index contributed by atoms with van der Waals surface area (Å²) in [5.41, 5.74) is -1.27. The molecule has 3 aliphatic heterocycles. The average Bonchev–Trinajstić information content (AvgIpc) is 3.54. The molecule has 2 aromatic rings. The summed E-state index contributed by atoms with van der Waals surface area (Å²) in [5.74, 6) is -2.10. The van der Waals surface area contributed by atoms with Crippen LogP contribution in [0.4, 0.5) is 5.69 Å². The van der Waals surface area contributed by atoms with Crippen molar-refractivity contribution in [1.29, 1.82) is 0 Å². The van der Waals surface area contributed by atoms with Crippen molar-refractivity contribution in [3.63, 3.8) is 0 Å². The Bertz CT molecular complexity index is 1360. The van der Waals surface area contributed by atoms with E-state index in [4.69, 9.17) is 4.74 Å². The molecule has 2 bridgehead atoms. The number of carbonyl (C=O) groups is 3. The van der Waals surface area contributed by atoms with E-state index in [9.17, 15) is 19.5 Å².